The summed E-state index contributed by atoms with van der Waals surface area (Å²) in [6.45, 7) is 6.92. The average Bonchev–Trinajstić information content (AvgIpc) is 2.48. The number of rotatable bonds is 3. The highest BCUT2D eigenvalue weighted by atomic mass is 32.2. The molecule has 0 N–H and O–H groups in total. The van der Waals surface area contributed by atoms with Crippen LogP contribution in [0, 0.1) is 16.7 Å². The van der Waals surface area contributed by atoms with Crippen molar-refractivity contribution in [1.29, 1.82) is 5.26 Å². The SMILES string of the molecule is CCC(C#N)S(=O)(=O)N1CCC(C)(C)C1. The quantitative estimate of drug-likeness (QED) is 0.735. The van der Waals surface area contributed by atoms with Crippen molar-refractivity contribution in [3.63, 3.8) is 0 Å². The van der Waals surface area contributed by atoms with Gasteiger partial charge < -0.3 is 0 Å². The molecule has 0 aliphatic carbocycles. The van der Waals surface area contributed by atoms with Gasteiger partial charge in [-0.1, -0.05) is 20.8 Å². The third kappa shape index (κ3) is 2.50. The first kappa shape index (κ1) is 12.5. The van der Waals surface area contributed by atoms with Gasteiger partial charge in [0.05, 0.1) is 6.07 Å². The standard InChI is InChI=1S/C10H18N2O2S/c1-4-9(7-11)15(13,14)12-6-5-10(2,3)8-12/h9H,4-6,8H2,1-3H3. The van der Waals surface area contributed by atoms with Gasteiger partial charge in [0.1, 0.15) is 0 Å². The lowest BCUT2D eigenvalue weighted by atomic mass is 9.93. The number of sulfonamides is 1. The molecule has 0 aromatic carbocycles. The van der Waals surface area contributed by atoms with Gasteiger partial charge in [-0.25, -0.2) is 12.7 Å². The van der Waals surface area contributed by atoms with Gasteiger partial charge in [0.2, 0.25) is 10.0 Å². The van der Waals surface area contributed by atoms with E-state index in [-0.39, 0.29) is 5.41 Å². The molecule has 4 nitrogen and oxygen atoms in total. The number of nitrogens with zero attached hydrogens (tertiary/aromatic N) is 2. The third-order valence-electron chi connectivity index (χ3n) is 2.88. The maximum atomic E-state index is 12.0. The molecule has 0 spiro atoms. The van der Waals surface area contributed by atoms with E-state index in [2.05, 4.69) is 13.8 Å². The molecule has 1 aliphatic rings. The van der Waals surface area contributed by atoms with Crippen LogP contribution in [0.15, 0.2) is 0 Å². The van der Waals surface area contributed by atoms with E-state index < -0.39 is 15.3 Å². The molecule has 1 atom stereocenters. The summed E-state index contributed by atoms with van der Waals surface area (Å²) in [7, 11) is -3.40. The van der Waals surface area contributed by atoms with E-state index in [0.29, 0.717) is 19.5 Å². The summed E-state index contributed by atoms with van der Waals surface area (Å²) < 4.78 is 25.4. The van der Waals surface area contributed by atoms with Crippen molar-refractivity contribution >= 4 is 10.0 Å². The molecule has 15 heavy (non-hydrogen) atoms. The van der Waals surface area contributed by atoms with Crippen molar-refractivity contribution in [3.05, 3.63) is 0 Å². The summed E-state index contributed by atoms with van der Waals surface area (Å²) in [5.41, 5.74) is 0.0425. The van der Waals surface area contributed by atoms with Crippen LogP contribution < -0.4 is 0 Å². The maximum absolute atomic E-state index is 12.0. The minimum absolute atomic E-state index is 0.0425. The summed E-state index contributed by atoms with van der Waals surface area (Å²) in [5.74, 6) is 0. The maximum Gasteiger partial charge on any atom is 0.230 e. The Kier molecular flexibility index (Phi) is 3.41. The molecular weight excluding hydrogens is 212 g/mol. The lowest BCUT2D eigenvalue weighted by Gasteiger charge is -2.21. The number of hydrogen-bond donors (Lipinski definition) is 0. The highest BCUT2D eigenvalue weighted by Gasteiger charge is 2.39. The molecular formula is C10H18N2O2S. The van der Waals surface area contributed by atoms with E-state index in [9.17, 15) is 8.42 Å². The second kappa shape index (κ2) is 4.11. The summed E-state index contributed by atoms with van der Waals surface area (Å²) in [6, 6.07) is 1.87. The largest absolute Gasteiger partial charge is 0.230 e. The molecule has 1 fully saturated rings. The fourth-order valence-electron chi connectivity index (χ4n) is 1.83. The Morgan fingerprint density at radius 2 is 2.13 bits per heavy atom. The number of hydrogen-bond acceptors (Lipinski definition) is 3. The zero-order valence-electron chi connectivity index (χ0n) is 9.52. The van der Waals surface area contributed by atoms with Crippen LogP contribution in [0.3, 0.4) is 0 Å². The van der Waals surface area contributed by atoms with Gasteiger partial charge in [-0.2, -0.15) is 5.26 Å². The predicted octanol–water partition coefficient (Wildman–Crippen LogP) is 1.35. The van der Waals surface area contributed by atoms with Crippen LogP contribution in [-0.4, -0.2) is 31.1 Å². The Morgan fingerprint density at radius 1 is 1.53 bits per heavy atom. The minimum Gasteiger partial charge on any atom is -0.211 e. The topological polar surface area (TPSA) is 61.2 Å². The summed E-state index contributed by atoms with van der Waals surface area (Å²) in [4.78, 5) is 0. The first-order valence-electron chi connectivity index (χ1n) is 5.22. The molecule has 1 aliphatic heterocycles. The summed E-state index contributed by atoms with van der Waals surface area (Å²) >= 11 is 0. The van der Waals surface area contributed by atoms with Gasteiger partial charge in [0.15, 0.2) is 5.25 Å². The van der Waals surface area contributed by atoms with Crippen molar-refractivity contribution in [1.82, 2.24) is 4.31 Å². The van der Waals surface area contributed by atoms with Crippen molar-refractivity contribution in [3.8, 4) is 6.07 Å². The van der Waals surface area contributed by atoms with Crippen LogP contribution in [0.25, 0.3) is 0 Å². The van der Waals surface area contributed by atoms with Gasteiger partial charge in [-0.3, -0.25) is 0 Å². The predicted molar refractivity (Wildman–Crippen MR) is 58.6 cm³/mol. The van der Waals surface area contributed by atoms with Gasteiger partial charge in [0.25, 0.3) is 0 Å². The second-order valence-electron chi connectivity index (χ2n) is 4.82. The lowest BCUT2D eigenvalue weighted by Crippen LogP contribution is -2.37. The summed E-state index contributed by atoms with van der Waals surface area (Å²) in [5, 5.41) is 7.91. The molecule has 1 saturated heterocycles. The zero-order chi connectivity index (χ0) is 11.7. The molecule has 0 radical (unpaired) electrons. The summed E-state index contributed by atoms with van der Waals surface area (Å²) in [6.07, 6.45) is 1.23. The Balaban J connectivity index is 2.86. The fourth-order valence-corrected chi connectivity index (χ4v) is 3.62. The van der Waals surface area contributed by atoms with E-state index in [1.807, 2.05) is 6.07 Å². The molecule has 0 bridgehead atoms. The average molecular weight is 230 g/mol. The molecule has 5 heteroatoms. The van der Waals surface area contributed by atoms with Gasteiger partial charge in [-0.05, 0) is 18.3 Å². The molecule has 86 valence electrons. The molecule has 0 aromatic heterocycles. The van der Waals surface area contributed by atoms with E-state index in [0.717, 1.165) is 6.42 Å². The molecule has 1 heterocycles. The zero-order valence-corrected chi connectivity index (χ0v) is 10.3. The third-order valence-corrected chi connectivity index (χ3v) is 5.07. The monoisotopic (exact) mass is 230 g/mol. The van der Waals surface area contributed by atoms with Crippen LogP contribution >= 0.6 is 0 Å². The smallest absolute Gasteiger partial charge is 0.211 e. The Hall–Kier alpha value is -0.600. The Labute approximate surface area is 91.9 Å². The Morgan fingerprint density at radius 3 is 2.47 bits per heavy atom. The van der Waals surface area contributed by atoms with Gasteiger partial charge in [0, 0.05) is 13.1 Å². The van der Waals surface area contributed by atoms with Crippen molar-refractivity contribution in [2.45, 2.75) is 38.9 Å². The molecule has 1 unspecified atom stereocenters. The fraction of sp³-hybridized carbons (Fsp3) is 0.900. The van der Waals surface area contributed by atoms with E-state index in [1.165, 1.54) is 4.31 Å². The van der Waals surface area contributed by atoms with Crippen molar-refractivity contribution in [2.24, 2.45) is 5.41 Å². The molecule has 1 rings (SSSR count). The van der Waals surface area contributed by atoms with Gasteiger partial charge >= 0.3 is 0 Å². The normalized spacial score (nSPS) is 23.6. The first-order valence-corrected chi connectivity index (χ1v) is 6.72. The second-order valence-corrected chi connectivity index (χ2v) is 6.93. The lowest BCUT2D eigenvalue weighted by molar-refractivity contribution is 0.374. The van der Waals surface area contributed by atoms with Crippen LogP contribution in [0.2, 0.25) is 0 Å². The van der Waals surface area contributed by atoms with Crippen molar-refractivity contribution < 1.29 is 8.42 Å². The minimum atomic E-state index is -3.40. The van der Waals surface area contributed by atoms with Crippen LogP contribution in [-0.2, 0) is 10.0 Å². The van der Waals surface area contributed by atoms with Crippen molar-refractivity contribution in [2.75, 3.05) is 13.1 Å². The molecule has 0 aromatic rings. The molecule has 0 amide bonds. The van der Waals surface area contributed by atoms with Crippen LogP contribution in [0.1, 0.15) is 33.6 Å². The highest BCUT2D eigenvalue weighted by Crippen LogP contribution is 2.31. The van der Waals surface area contributed by atoms with Gasteiger partial charge in [-0.15, -0.1) is 0 Å². The molecule has 0 saturated carbocycles. The first-order chi connectivity index (χ1) is 6.83. The van der Waals surface area contributed by atoms with Crippen LogP contribution in [0.5, 0.6) is 0 Å². The van der Waals surface area contributed by atoms with Crippen LogP contribution in [0.4, 0.5) is 0 Å². The van der Waals surface area contributed by atoms with E-state index in [1.54, 1.807) is 6.92 Å². The van der Waals surface area contributed by atoms with E-state index in [4.69, 9.17) is 5.26 Å². The number of nitriles is 1. The highest BCUT2D eigenvalue weighted by molar-refractivity contribution is 7.90. The Bertz CT molecular complexity index is 367. The van der Waals surface area contributed by atoms with E-state index >= 15 is 0 Å².